The highest BCUT2D eigenvalue weighted by Crippen LogP contribution is 2.07. The standard InChI is InChI=1S/C12H22N4O2/c1-4-5-15(2)11-6-12(17)16(14-7-11)8-10(13)9-18-3/h6-7,10H,4-5,8-9,13H2,1-3H3. The number of nitrogens with zero attached hydrogens (tertiary/aromatic N) is 3. The summed E-state index contributed by atoms with van der Waals surface area (Å²) in [6.45, 7) is 3.76. The summed E-state index contributed by atoms with van der Waals surface area (Å²) in [5, 5.41) is 4.13. The van der Waals surface area contributed by atoms with Crippen molar-refractivity contribution in [3.05, 3.63) is 22.6 Å². The molecule has 0 fully saturated rings. The van der Waals surface area contributed by atoms with Crippen LogP contribution >= 0.6 is 0 Å². The topological polar surface area (TPSA) is 73.4 Å². The molecule has 1 unspecified atom stereocenters. The van der Waals surface area contributed by atoms with Gasteiger partial charge in [0.1, 0.15) is 0 Å². The van der Waals surface area contributed by atoms with Crippen molar-refractivity contribution in [2.75, 3.05) is 32.2 Å². The van der Waals surface area contributed by atoms with E-state index in [9.17, 15) is 4.79 Å². The van der Waals surface area contributed by atoms with Crippen molar-refractivity contribution in [1.29, 1.82) is 0 Å². The van der Waals surface area contributed by atoms with Crippen LogP contribution in [0, 0.1) is 0 Å². The molecule has 0 spiro atoms. The van der Waals surface area contributed by atoms with Gasteiger partial charge in [0.25, 0.3) is 5.56 Å². The molecule has 6 nitrogen and oxygen atoms in total. The number of methoxy groups -OCH3 is 1. The minimum atomic E-state index is -0.223. The molecule has 1 aromatic heterocycles. The average Bonchev–Trinajstić information content (AvgIpc) is 2.32. The van der Waals surface area contributed by atoms with Gasteiger partial charge < -0.3 is 15.4 Å². The second-order valence-electron chi connectivity index (χ2n) is 4.37. The number of rotatable bonds is 7. The molecule has 0 aliphatic heterocycles. The van der Waals surface area contributed by atoms with Gasteiger partial charge in [-0.1, -0.05) is 6.92 Å². The summed E-state index contributed by atoms with van der Waals surface area (Å²) in [7, 11) is 3.53. The van der Waals surface area contributed by atoms with Crippen LogP contribution < -0.4 is 16.2 Å². The van der Waals surface area contributed by atoms with Crippen LogP contribution in [-0.2, 0) is 11.3 Å². The highest BCUT2D eigenvalue weighted by atomic mass is 16.5. The maximum atomic E-state index is 11.9. The fourth-order valence-corrected chi connectivity index (χ4v) is 1.72. The van der Waals surface area contributed by atoms with E-state index in [2.05, 4.69) is 12.0 Å². The van der Waals surface area contributed by atoms with Crippen molar-refractivity contribution in [2.45, 2.75) is 25.9 Å². The minimum Gasteiger partial charge on any atom is -0.383 e. The average molecular weight is 254 g/mol. The van der Waals surface area contributed by atoms with E-state index < -0.39 is 0 Å². The zero-order chi connectivity index (χ0) is 13.5. The van der Waals surface area contributed by atoms with E-state index in [-0.39, 0.29) is 11.6 Å². The first-order chi connectivity index (χ1) is 8.58. The lowest BCUT2D eigenvalue weighted by atomic mass is 10.3. The van der Waals surface area contributed by atoms with Crippen LogP contribution in [0.5, 0.6) is 0 Å². The summed E-state index contributed by atoms with van der Waals surface area (Å²) in [6.07, 6.45) is 2.72. The molecule has 0 radical (unpaired) electrons. The van der Waals surface area contributed by atoms with Crippen LogP contribution in [-0.4, -0.2) is 43.1 Å². The Morgan fingerprint density at radius 3 is 2.89 bits per heavy atom. The summed E-state index contributed by atoms with van der Waals surface area (Å²) in [5.41, 5.74) is 6.49. The molecule has 1 aromatic rings. The van der Waals surface area contributed by atoms with Crippen molar-refractivity contribution in [3.63, 3.8) is 0 Å². The minimum absolute atomic E-state index is 0.137. The van der Waals surface area contributed by atoms with Gasteiger partial charge in [-0.2, -0.15) is 5.10 Å². The first kappa shape index (κ1) is 14.7. The third-order valence-corrected chi connectivity index (χ3v) is 2.64. The lowest BCUT2D eigenvalue weighted by Crippen LogP contribution is -2.36. The fraction of sp³-hybridized carbons (Fsp3) is 0.667. The molecule has 0 amide bonds. The molecule has 2 N–H and O–H groups in total. The third kappa shape index (κ3) is 4.12. The van der Waals surface area contributed by atoms with Gasteiger partial charge in [-0.25, -0.2) is 4.68 Å². The highest BCUT2D eigenvalue weighted by Gasteiger charge is 2.07. The van der Waals surface area contributed by atoms with E-state index in [4.69, 9.17) is 10.5 Å². The largest absolute Gasteiger partial charge is 0.383 e. The van der Waals surface area contributed by atoms with Crippen molar-refractivity contribution in [3.8, 4) is 0 Å². The first-order valence-corrected chi connectivity index (χ1v) is 6.11. The summed E-state index contributed by atoms with van der Waals surface area (Å²) in [6, 6.07) is 1.36. The number of ether oxygens (including phenoxy) is 1. The zero-order valence-electron chi connectivity index (χ0n) is 11.3. The van der Waals surface area contributed by atoms with Crippen LogP contribution in [0.3, 0.4) is 0 Å². The summed E-state index contributed by atoms with van der Waals surface area (Å²) < 4.78 is 6.30. The van der Waals surface area contributed by atoms with E-state index >= 15 is 0 Å². The Morgan fingerprint density at radius 1 is 1.61 bits per heavy atom. The van der Waals surface area contributed by atoms with Gasteiger partial charge in [0.2, 0.25) is 0 Å². The number of aromatic nitrogens is 2. The Hall–Kier alpha value is -1.40. The molecule has 0 saturated heterocycles. The molecule has 1 rings (SSSR count). The summed E-state index contributed by atoms with van der Waals surface area (Å²) >= 11 is 0. The number of hydrogen-bond donors (Lipinski definition) is 1. The molecule has 0 aliphatic rings. The lowest BCUT2D eigenvalue weighted by molar-refractivity contribution is 0.171. The van der Waals surface area contributed by atoms with E-state index in [1.54, 1.807) is 19.4 Å². The highest BCUT2D eigenvalue weighted by molar-refractivity contribution is 5.41. The fourth-order valence-electron chi connectivity index (χ4n) is 1.72. The SMILES string of the molecule is CCCN(C)c1cnn(CC(N)COC)c(=O)c1. The van der Waals surface area contributed by atoms with Crippen LogP contribution in [0.4, 0.5) is 5.69 Å². The van der Waals surface area contributed by atoms with Gasteiger partial charge in [0.05, 0.1) is 25.0 Å². The second-order valence-corrected chi connectivity index (χ2v) is 4.37. The lowest BCUT2D eigenvalue weighted by Gasteiger charge is -2.18. The van der Waals surface area contributed by atoms with Gasteiger partial charge in [0, 0.05) is 32.8 Å². The molecule has 0 aromatic carbocycles. The molecule has 1 atom stereocenters. The number of anilines is 1. The van der Waals surface area contributed by atoms with Crippen LogP contribution in [0.25, 0.3) is 0 Å². The quantitative estimate of drug-likeness (QED) is 0.745. The van der Waals surface area contributed by atoms with Gasteiger partial charge in [-0.3, -0.25) is 4.79 Å². The van der Waals surface area contributed by atoms with Gasteiger partial charge >= 0.3 is 0 Å². The molecular weight excluding hydrogens is 232 g/mol. The molecule has 0 saturated carbocycles. The molecule has 6 heteroatoms. The van der Waals surface area contributed by atoms with Gasteiger partial charge in [-0.15, -0.1) is 0 Å². The summed E-state index contributed by atoms with van der Waals surface area (Å²) in [5.74, 6) is 0. The Balaban J connectivity index is 2.76. The van der Waals surface area contributed by atoms with Gasteiger partial charge in [0.15, 0.2) is 0 Å². The predicted molar refractivity (Wildman–Crippen MR) is 71.9 cm³/mol. The maximum absolute atomic E-state index is 11.9. The van der Waals surface area contributed by atoms with Crippen LogP contribution in [0.1, 0.15) is 13.3 Å². The third-order valence-electron chi connectivity index (χ3n) is 2.64. The van der Waals surface area contributed by atoms with Crippen molar-refractivity contribution >= 4 is 5.69 Å². The maximum Gasteiger partial charge on any atom is 0.268 e. The monoisotopic (exact) mass is 254 g/mol. The molecule has 18 heavy (non-hydrogen) atoms. The second kappa shape index (κ2) is 7.13. The molecule has 1 heterocycles. The van der Waals surface area contributed by atoms with Crippen molar-refractivity contribution in [2.24, 2.45) is 5.73 Å². The molecule has 0 bridgehead atoms. The summed E-state index contributed by atoms with van der Waals surface area (Å²) in [4.78, 5) is 13.9. The van der Waals surface area contributed by atoms with E-state index in [1.165, 1.54) is 4.68 Å². The molecular formula is C12H22N4O2. The first-order valence-electron chi connectivity index (χ1n) is 6.11. The molecule has 102 valence electrons. The number of nitrogens with two attached hydrogens (primary N) is 1. The number of hydrogen-bond acceptors (Lipinski definition) is 5. The zero-order valence-corrected chi connectivity index (χ0v) is 11.3. The Morgan fingerprint density at radius 2 is 2.33 bits per heavy atom. The Kier molecular flexibility index (Phi) is 5.80. The van der Waals surface area contributed by atoms with E-state index in [0.29, 0.717) is 13.2 Å². The predicted octanol–water partition coefficient (Wildman–Crippen LogP) is 0.0632. The molecule has 0 aliphatic carbocycles. The van der Waals surface area contributed by atoms with E-state index in [0.717, 1.165) is 18.7 Å². The van der Waals surface area contributed by atoms with E-state index in [1.807, 2.05) is 11.9 Å². The Labute approximate surface area is 107 Å². The van der Waals surface area contributed by atoms with Crippen LogP contribution in [0.15, 0.2) is 17.1 Å². The van der Waals surface area contributed by atoms with Crippen molar-refractivity contribution < 1.29 is 4.74 Å². The Bertz CT molecular complexity index is 419. The van der Waals surface area contributed by atoms with Gasteiger partial charge in [-0.05, 0) is 6.42 Å². The van der Waals surface area contributed by atoms with Crippen molar-refractivity contribution in [1.82, 2.24) is 9.78 Å². The smallest absolute Gasteiger partial charge is 0.268 e. The normalized spacial score (nSPS) is 12.4. The van der Waals surface area contributed by atoms with Crippen LogP contribution in [0.2, 0.25) is 0 Å².